The smallest absolute Gasteiger partial charge is 0.146 e. The Morgan fingerprint density at radius 3 is 1.41 bits per heavy atom. The van der Waals surface area contributed by atoms with Gasteiger partial charge >= 0.3 is 0 Å². The van der Waals surface area contributed by atoms with Crippen molar-refractivity contribution in [2.45, 2.75) is 150 Å². The van der Waals surface area contributed by atoms with Crippen molar-refractivity contribution in [1.29, 1.82) is 0 Å². The average Bonchev–Trinajstić information content (AvgIpc) is 2.72. The molecule has 0 bridgehead atoms. The molecule has 0 aliphatic heterocycles. The molecule has 206 valence electrons. The fourth-order valence-electron chi connectivity index (χ4n) is 5.85. The highest BCUT2D eigenvalue weighted by Gasteiger charge is 2.17. The Bertz CT molecular complexity index is 414. The molecular formula is C31H63BrO2. The Kier molecular flexibility index (Phi) is 24.1. The van der Waals surface area contributed by atoms with Crippen LogP contribution < -0.4 is 0 Å². The summed E-state index contributed by atoms with van der Waals surface area (Å²) in [6, 6.07) is 0. The van der Waals surface area contributed by atoms with E-state index in [-0.39, 0.29) is 0 Å². The van der Waals surface area contributed by atoms with Crippen LogP contribution in [0.15, 0.2) is 0 Å². The van der Waals surface area contributed by atoms with Crippen LogP contribution in [0.25, 0.3) is 0 Å². The summed E-state index contributed by atoms with van der Waals surface area (Å²) in [4.78, 5) is 0.645. The topological polar surface area (TPSA) is 18.5 Å². The van der Waals surface area contributed by atoms with Gasteiger partial charge in [-0.25, -0.2) is 0 Å². The van der Waals surface area contributed by atoms with Crippen LogP contribution in [-0.2, 0) is 9.47 Å². The lowest BCUT2D eigenvalue weighted by molar-refractivity contribution is -0.0561. The normalized spacial score (nSPS) is 17.3. The molecule has 2 nitrogen and oxygen atoms in total. The van der Waals surface area contributed by atoms with E-state index in [0.717, 1.165) is 49.2 Å². The van der Waals surface area contributed by atoms with E-state index in [4.69, 9.17) is 9.47 Å². The zero-order valence-electron chi connectivity index (χ0n) is 24.4. The van der Waals surface area contributed by atoms with Gasteiger partial charge in [0, 0.05) is 18.0 Å². The highest BCUT2D eigenvalue weighted by molar-refractivity contribution is 9.09. The molecule has 0 amide bonds. The quantitative estimate of drug-likeness (QED) is 0.0643. The average molecular weight is 548 g/mol. The number of hydrogen-bond acceptors (Lipinski definition) is 2. The lowest BCUT2D eigenvalue weighted by atomic mass is 9.82. The van der Waals surface area contributed by atoms with Crippen molar-refractivity contribution in [2.75, 3.05) is 20.0 Å². The summed E-state index contributed by atoms with van der Waals surface area (Å²) in [5.41, 5.74) is 0. The lowest BCUT2D eigenvalue weighted by Gasteiger charge is -2.24. The van der Waals surface area contributed by atoms with Gasteiger partial charge in [-0.05, 0) is 81.0 Å². The minimum absolute atomic E-state index is 0.476. The number of halogens is 1. The molecule has 6 atom stereocenters. The highest BCUT2D eigenvalue weighted by atomic mass is 79.9. The Balaban J connectivity index is 3.59. The van der Waals surface area contributed by atoms with Crippen LogP contribution in [-0.4, -0.2) is 24.8 Å². The zero-order chi connectivity index (χ0) is 25.6. The number of unbranched alkanes of at least 4 members (excludes halogenated alkanes) is 7. The molecule has 34 heavy (non-hydrogen) atoms. The molecule has 0 fully saturated rings. The van der Waals surface area contributed by atoms with Gasteiger partial charge in [0.15, 0.2) is 0 Å². The second-order valence-electron chi connectivity index (χ2n) is 12.0. The number of ether oxygens (including phenoxy) is 2. The van der Waals surface area contributed by atoms with E-state index in [1.807, 2.05) is 0 Å². The maximum absolute atomic E-state index is 5.70. The summed E-state index contributed by atoms with van der Waals surface area (Å²) < 4.78 is 11.3. The number of alkyl halides is 1. The predicted molar refractivity (Wildman–Crippen MR) is 156 cm³/mol. The molecule has 0 saturated heterocycles. The van der Waals surface area contributed by atoms with Crippen LogP contribution in [0.5, 0.6) is 0 Å². The van der Waals surface area contributed by atoms with E-state index >= 15 is 0 Å². The standard InChI is InChI=1S/C31H63BrO2/c1-8-9-10-11-12-13-14-15-18-33-25-34-19-16-17-26(2)20-27(3)21-28(4)22-29(5)23-30(6)24-31(7)32/h26-31H,8-25H2,1-7H3. The fraction of sp³-hybridized carbons (Fsp3) is 1.00. The Labute approximate surface area is 224 Å². The molecule has 0 rings (SSSR count). The van der Waals surface area contributed by atoms with Crippen molar-refractivity contribution in [2.24, 2.45) is 29.6 Å². The first-order valence-corrected chi connectivity index (χ1v) is 16.0. The van der Waals surface area contributed by atoms with Crippen molar-refractivity contribution < 1.29 is 9.47 Å². The van der Waals surface area contributed by atoms with E-state index in [1.165, 1.54) is 89.9 Å². The third kappa shape index (κ3) is 24.1. The SMILES string of the molecule is CCCCCCCCCCOCOCCCC(C)CC(C)CC(C)CC(C)CC(C)CC(C)Br. The zero-order valence-corrected chi connectivity index (χ0v) is 26.0. The first-order valence-electron chi connectivity index (χ1n) is 15.0. The molecule has 0 aromatic rings. The molecule has 0 aromatic heterocycles. The van der Waals surface area contributed by atoms with Gasteiger partial charge in [-0.3, -0.25) is 0 Å². The summed E-state index contributed by atoms with van der Waals surface area (Å²) in [5, 5.41) is 0. The van der Waals surface area contributed by atoms with Gasteiger partial charge in [0.2, 0.25) is 0 Å². The van der Waals surface area contributed by atoms with Gasteiger partial charge < -0.3 is 9.47 Å². The summed E-state index contributed by atoms with van der Waals surface area (Å²) in [5.74, 6) is 4.13. The third-order valence-corrected chi connectivity index (χ3v) is 7.61. The summed E-state index contributed by atoms with van der Waals surface area (Å²) >= 11 is 3.71. The van der Waals surface area contributed by atoms with Crippen molar-refractivity contribution in [1.82, 2.24) is 0 Å². The van der Waals surface area contributed by atoms with Gasteiger partial charge in [-0.15, -0.1) is 0 Å². The Morgan fingerprint density at radius 1 is 0.500 bits per heavy atom. The molecule has 0 heterocycles. The van der Waals surface area contributed by atoms with Gasteiger partial charge in [0.05, 0.1) is 0 Å². The maximum atomic E-state index is 5.70. The molecule has 0 aliphatic rings. The van der Waals surface area contributed by atoms with E-state index in [9.17, 15) is 0 Å². The molecule has 0 saturated carbocycles. The van der Waals surface area contributed by atoms with Crippen molar-refractivity contribution in [3.8, 4) is 0 Å². The molecule has 3 heteroatoms. The van der Waals surface area contributed by atoms with Crippen LogP contribution in [0.4, 0.5) is 0 Å². The monoisotopic (exact) mass is 546 g/mol. The maximum Gasteiger partial charge on any atom is 0.146 e. The van der Waals surface area contributed by atoms with E-state index in [0.29, 0.717) is 11.6 Å². The van der Waals surface area contributed by atoms with Crippen LogP contribution in [0, 0.1) is 29.6 Å². The van der Waals surface area contributed by atoms with Crippen LogP contribution >= 0.6 is 15.9 Å². The van der Waals surface area contributed by atoms with E-state index in [2.05, 4.69) is 64.4 Å². The van der Waals surface area contributed by atoms with E-state index in [1.54, 1.807) is 0 Å². The van der Waals surface area contributed by atoms with E-state index < -0.39 is 0 Å². The summed E-state index contributed by atoms with van der Waals surface area (Å²) in [7, 11) is 0. The summed E-state index contributed by atoms with van der Waals surface area (Å²) in [6.45, 7) is 18.9. The van der Waals surface area contributed by atoms with Crippen LogP contribution in [0.2, 0.25) is 0 Å². The minimum Gasteiger partial charge on any atom is -0.355 e. The second-order valence-corrected chi connectivity index (χ2v) is 13.6. The molecular weight excluding hydrogens is 484 g/mol. The first kappa shape index (κ1) is 34.4. The largest absolute Gasteiger partial charge is 0.355 e. The predicted octanol–water partition coefficient (Wildman–Crippen LogP) is 10.8. The van der Waals surface area contributed by atoms with Gasteiger partial charge in [-0.2, -0.15) is 0 Å². The van der Waals surface area contributed by atoms with Crippen LogP contribution in [0.3, 0.4) is 0 Å². The minimum atomic E-state index is 0.476. The highest BCUT2D eigenvalue weighted by Crippen LogP contribution is 2.29. The molecule has 0 radical (unpaired) electrons. The second kappa shape index (κ2) is 23.8. The molecule has 0 N–H and O–H groups in total. The Hall–Kier alpha value is 0.400. The Morgan fingerprint density at radius 2 is 0.912 bits per heavy atom. The van der Waals surface area contributed by atoms with Gasteiger partial charge in [-0.1, -0.05) is 109 Å². The van der Waals surface area contributed by atoms with Gasteiger partial charge in [0.1, 0.15) is 6.79 Å². The lowest BCUT2D eigenvalue weighted by Crippen LogP contribution is -2.13. The third-order valence-electron chi connectivity index (χ3n) is 7.24. The molecule has 0 aromatic carbocycles. The van der Waals surface area contributed by atoms with Gasteiger partial charge in [0.25, 0.3) is 0 Å². The molecule has 6 unspecified atom stereocenters. The number of hydrogen-bond donors (Lipinski definition) is 0. The summed E-state index contributed by atoms with van der Waals surface area (Å²) in [6.07, 6.45) is 20.0. The van der Waals surface area contributed by atoms with Crippen molar-refractivity contribution in [3.05, 3.63) is 0 Å². The van der Waals surface area contributed by atoms with Crippen molar-refractivity contribution in [3.63, 3.8) is 0 Å². The first-order chi connectivity index (χ1) is 16.2. The fourth-order valence-corrected chi connectivity index (χ4v) is 6.49. The number of rotatable bonds is 25. The molecule has 0 aliphatic carbocycles. The van der Waals surface area contributed by atoms with Crippen LogP contribution in [0.1, 0.15) is 145 Å². The molecule has 0 spiro atoms. The van der Waals surface area contributed by atoms with Crippen molar-refractivity contribution >= 4 is 15.9 Å².